The zero-order chi connectivity index (χ0) is 13.1. The SMILES string of the molecule is N#CCc1[nH]c(=O)cc(CBr)c1OC(F)(F)F. The highest BCUT2D eigenvalue weighted by molar-refractivity contribution is 9.08. The molecule has 0 fully saturated rings. The van der Waals surface area contributed by atoms with Crippen molar-refractivity contribution in [3.8, 4) is 11.8 Å². The van der Waals surface area contributed by atoms with E-state index in [0.29, 0.717) is 0 Å². The van der Waals surface area contributed by atoms with Crippen LogP contribution in [-0.2, 0) is 11.8 Å². The summed E-state index contributed by atoms with van der Waals surface area (Å²) >= 11 is 2.95. The Hall–Kier alpha value is -1.49. The normalized spacial score (nSPS) is 11.0. The molecule has 92 valence electrons. The maximum absolute atomic E-state index is 12.2. The summed E-state index contributed by atoms with van der Waals surface area (Å²) in [5.41, 5.74) is -0.734. The van der Waals surface area contributed by atoms with E-state index in [4.69, 9.17) is 5.26 Å². The van der Waals surface area contributed by atoms with Crippen molar-refractivity contribution in [2.45, 2.75) is 18.1 Å². The van der Waals surface area contributed by atoms with Gasteiger partial charge in [-0.3, -0.25) is 4.79 Å². The third kappa shape index (κ3) is 3.78. The molecular formula is C9H6BrF3N2O2. The van der Waals surface area contributed by atoms with E-state index in [2.05, 4.69) is 25.7 Å². The number of H-pyrrole nitrogens is 1. The van der Waals surface area contributed by atoms with Crippen LogP contribution < -0.4 is 10.3 Å². The number of rotatable bonds is 3. The van der Waals surface area contributed by atoms with Crippen LogP contribution in [0.25, 0.3) is 0 Å². The Kier molecular flexibility index (Phi) is 4.17. The quantitative estimate of drug-likeness (QED) is 0.871. The number of pyridine rings is 1. The Balaban J connectivity index is 3.32. The topological polar surface area (TPSA) is 65.9 Å². The average Bonchev–Trinajstić information content (AvgIpc) is 2.20. The second-order valence-corrected chi connectivity index (χ2v) is 3.54. The van der Waals surface area contributed by atoms with Crippen molar-refractivity contribution in [2.24, 2.45) is 0 Å². The first-order valence-electron chi connectivity index (χ1n) is 4.31. The van der Waals surface area contributed by atoms with Gasteiger partial charge in [0, 0.05) is 17.0 Å². The lowest BCUT2D eigenvalue weighted by Gasteiger charge is -2.14. The highest BCUT2D eigenvalue weighted by atomic mass is 79.9. The van der Waals surface area contributed by atoms with Crippen molar-refractivity contribution in [1.29, 1.82) is 5.26 Å². The highest BCUT2D eigenvalue weighted by Crippen LogP contribution is 2.29. The van der Waals surface area contributed by atoms with Gasteiger partial charge >= 0.3 is 6.36 Å². The number of hydrogen-bond donors (Lipinski definition) is 1. The van der Waals surface area contributed by atoms with E-state index in [9.17, 15) is 18.0 Å². The zero-order valence-corrected chi connectivity index (χ0v) is 9.85. The Morgan fingerprint density at radius 1 is 1.53 bits per heavy atom. The molecule has 1 rings (SSSR count). The van der Waals surface area contributed by atoms with Crippen LogP contribution in [0.1, 0.15) is 11.3 Å². The van der Waals surface area contributed by atoms with Gasteiger partial charge in [0.2, 0.25) is 5.56 Å². The van der Waals surface area contributed by atoms with Gasteiger partial charge in [0.25, 0.3) is 0 Å². The van der Waals surface area contributed by atoms with Gasteiger partial charge in [-0.2, -0.15) is 5.26 Å². The fourth-order valence-corrected chi connectivity index (χ4v) is 1.62. The van der Waals surface area contributed by atoms with Crippen LogP contribution in [0.3, 0.4) is 0 Å². The number of nitrogens with one attached hydrogen (secondary N) is 1. The minimum absolute atomic E-state index is 0.0146. The predicted molar refractivity (Wildman–Crippen MR) is 55.7 cm³/mol. The first-order chi connectivity index (χ1) is 7.87. The first kappa shape index (κ1) is 13.6. The van der Waals surface area contributed by atoms with Gasteiger partial charge in [-0.25, -0.2) is 0 Å². The summed E-state index contributed by atoms with van der Waals surface area (Å²) < 4.78 is 40.3. The van der Waals surface area contributed by atoms with Crippen LogP contribution in [0.5, 0.6) is 5.75 Å². The summed E-state index contributed by atoms with van der Waals surface area (Å²) in [5, 5.41) is 8.49. The molecule has 0 aliphatic carbocycles. The third-order valence-electron chi connectivity index (χ3n) is 1.76. The van der Waals surface area contributed by atoms with Crippen molar-refractivity contribution in [2.75, 3.05) is 0 Å². The molecule has 1 N–H and O–H groups in total. The van der Waals surface area contributed by atoms with E-state index in [1.807, 2.05) is 0 Å². The van der Waals surface area contributed by atoms with Crippen LogP contribution in [0.4, 0.5) is 13.2 Å². The van der Waals surface area contributed by atoms with Crippen LogP contribution in [0.15, 0.2) is 10.9 Å². The maximum atomic E-state index is 12.2. The van der Waals surface area contributed by atoms with Gasteiger partial charge in [-0.1, -0.05) is 15.9 Å². The smallest absolute Gasteiger partial charge is 0.404 e. The van der Waals surface area contributed by atoms with Crippen molar-refractivity contribution in [3.63, 3.8) is 0 Å². The molecule has 1 heterocycles. The van der Waals surface area contributed by atoms with Gasteiger partial charge in [0.1, 0.15) is 0 Å². The number of aromatic nitrogens is 1. The van der Waals surface area contributed by atoms with Crippen LogP contribution in [0, 0.1) is 11.3 Å². The van der Waals surface area contributed by atoms with E-state index in [1.165, 1.54) is 0 Å². The third-order valence-corrected chi connectivity index (χ3v) is 2.37. The minimum atomic E-state index is -4.88. The van der Waals surface area contributed by atoms with Gasteiger partial charge < -0.3 is 9.72 Å². The summed E-state index contributed by atoms with van der Waals surface area (Å²) in [4.78, 5) is 13.3. The van der Waals surface area contributed by atoms with E-state index in [0.717, 1.165) is 6.07 Å². The Morgan fingerprint density at radius 3 is 2.65 bits per heavy atom. The molecule has 0 spiro atoms. The number of halogens is 4. The average molecular weight is 311 g/mol. The molecule has 1 aromatic rings. The van der Waals surface area contributed by atoms with Crippen LogP contribution >= 0.6 is 15.9 Å². The van der Waals surface area contributed by atoms with Crippen molar-refractivity contribution in [1.82, 2.24) is 4.98 Å². The Bertz CT molecular complexity index is 504. The van der Waals surface area contributed by atoms with E-state index >= 15 is 0 Å². The van der Waals surface area contributed by atoms with Crippen molar-refractivity contribution >= 4 is 15.9 Å². The fraction of sp³-hybridized carbons (Fsp3) is 0.333. The highest BCUT2D eigenvalue weighted by Gasteiger charge is 2.33. The van der Waals surface area contributed by atoms with Crippen molar-refractivity contribution in [3.05, 3.63) is 27.7 Å². The second kappa shape index (κ2) is 5.23. The maximum Gasteiger partial charge on any atom is 0.573 e. The lowest BCUT2D eigenvalue weighted by molar-refractivity contribution is -0.275. The number of ether oxygens (including phenoxy) is 1. The number of nitrogens with zero attached hydrogens (tertiary/aromatic N) is 1. The molecule has 0 aliphatic heterocycles. The standard InChI is InChI=1S/C9H6BrF3N2O2/c10-4-5-3-7(16)15-6(1-2-14)8(5)17-9(11,12)13/h3H,1,4H2,(H,15,16). The Morgan fingerprint density at radius 2 is 2.18 bits per heavy atom. The molecule has 0 amide bonds. The molecule has 0 unspecified atom stereocenters. The van der Waals surface area contributed by atoms with Gasteiger partial charge in [-0.05, 0) is 0 Å². The largest absolute Gasteiger partial charge is 0.573 e. The predicted octanol–water partition coefficient (Wildman–Crippen LogP) is 2.23. The first-order valence-corrected chi connectivity index (χ1v) is 5.43. The summed E-state index contributed by atoms with van der Waals surface area (Å²) in [6.07, 6.45) is -5.25. The molecule has 0 atom stereocenters. The Labute approximate surface area is 102 Å². The molecular weight excluding hydrogens is 305 g/mol. The molecule has 0 saturated carbocycles. The summed E-state index contributed by atoms with van der Waals surface area (Å²) in [7, 11) is 0. The molecule has 0 aliphatic rings. The summed E-state index contributed by atoms with van der Waals surface area (Å²) in [6.45, 7) is 0. The monoisotopic (exact) mass is 310 g/mol. The van der Waals surface area contributed by atoms with Crippen molar-refractivity contribution < 1.29 is 17.9 Å². The molecule has 0 saturated heterocycles. The molecule has 4 nitrogen and oxygen atoms in total. The molecule has 0 bridgehead atoms. The number of hydrogen-bond acceptors (Lipinski definition) is 3. The molecule has 0 radical (unpaired) electrons. The van der Waals surface area contributed by atoms with E-state index in [1.54, 1.807) is 6.07 Å². The van der Waals surface area contributed by atoms with E-state index < -0.39 is 17.7 Å². The molecule has 8 heteroatoms. The number of alkyl halides is 4. The van der Waals surface area contributed by atoms with Gasteiger partial charge in [0.15, 0.2) is 5.75 Å². The molecule has 0 aromatic carbocycles. The van der Waals surface area contributed by atoms with E-state index in [-0.39, 0.29) is 23.0 Å². The fourth-order valence-electron chi connectivity index (χ4n) is 1.20. The van der Waals surface area contributed by atoms with Gasteiger partial charge in [-0.15, -0.1) is 13.2 Å². The van der Waals surface area contributed by atoms with Gasteiger partial charge in [0.05, 0.1) is 18.2 Å². The lowest BCUT2D eigenvalue weighted by atomic mass is 10.2. The second-order valence-electron chi connectivity index (χ2n) is 2.98. The van der Waals surface area contributed by atoms with Crippen LogP contribution in [0.2, 0.25) is 0 Å². The summed E-state index contributed by atoms with van der Waals surface area (Å²) in [5.74, 6) is -0.532. The van der Waals surface area contributed by atoms with Crippen LogP contribution in [-0.4, -0.2) is 11.3 Å². The molecule has 17 heavy (non-hydrogen) atoms. The summed E-state index contributed by atoms with van der Waals surface area (Å²) in [6, 6.07) is 2.64. The number of aromatic amines is 1. The zero-order valence-electron chi connectivity index (χ0n) is 8.27. The molecule has 1 aromatic heterocycles. The number of nitriles is 1. The minimum Gasteiger partial charge on any atom is -0.404 e. The lowest BCUT2D eigenvalue weighted by Crippen LogP contribution is -2.21.